The van der Waals surface area contributed by atoms with Crippen LogP contribution in [0, 0.1) is 6.92 Å². The third-order valence-electron chi connectivity index (χ3n) is 3.78. The molecule has 0 aliphatic rings. The molecule has 1 N–H and O–H groups in total. The van der Waals surface area contributed by atoms with Gasteiger partial charge in [-0.2, -0.15) is 11.8 Å². The normalized spacial score (nSPS) is 12.9. The SMILES string of the molecule is CCCCSC(CNS(=O)(=O)c1ccc(C)cc1)c1ccccc1. The van der Waals surface area contributed by atoms with Gasteiger partial charge in [0.2, 0.25) is 10.0 Å². The Bertz CT molecular complexity index is 713. The molecule has 5 heteroatoms. The van der Waals surface area contributed by atoms with Crippen molar-refractivity contribution in [3.05, 3.63) is 65.7 Å². The first-order chi connectivity index (χ1) is 11.5. The van der Waals surface area contributed by atoms with Crippen LogP contribution < -0.4 is 4.72 Å². The molecule has 0 bridgehead atoms. The zero-order chi connectivity index (χ0) is 17.4. The summed E-state index contributed by atoms with van der Waals surface area (Å²) < 4.78 is 27.7. The smallest absolute Gasteiger partial charge is 0.210 e. The van der Waals surface area contributed by atoms with Crippen molar-refractivity contribution in [1.29, 1.82) is 0 Å². The molecule has 24 heavy (non-hydrogen) atoms. The highest BCUT2D eigenvalue weighted by Crippen LogP contribution is 2.29. The van der Waals surface area contributed by atoms with E-state index in [2.05, 4.69) is 23.8 Å². The Labute approximate surface area is 149 Å². The van der Waals surface area contributed by atoms with Gasteiger partial charge in [-0.3, -0.25) is 0 Å². The number of unbranched alkanes of at least 4 members (excludes halogenated alkanes) is 1. The highest BCUT2D eigenvalue weighted by molar-refractivity contribution is 7.99. The molecule has 2 aromatic carbocycles. The molecule has 0 aromatic heterocycles. The van der Waals surface area contributed by atoms with Crippen LogP contribution in [-0.2, 0) is 10.0 Å². The summed E-state index contributed by atoms with van der Waals surface area (Å²) in [5, 5.41) is 0.123. The van der Waals surface area contributed by atoms with Gasteiger partial charge in [0.15, 0.2) is 0 Å². The Balaban J connectivity index is 2.07. The molecule has 0 heterocycles. The van der Waals surface area contributed by atoms with E-state index in [1.54, 1.807) is 12.1 Å². The first-order valence-electron chi connectivity index (χ1n) is 8.26. The maximum atomic E-state index is 12.5. The van der Waals surface area contributed by atoms with Gasteiger partial charge >= 0.3 is 0 Å². The zero-order valence-electron chi connectivity index (χ0n) is 14.2. The van der Waals surface area contributed by atoms with Gasteiger partial charge in [0, 0.05) is 11.8 Å². The number of benzene rings is 2. The molecule has 1 atom stereocenters. The monoisotopic (exact) mass is 363 g/mol. The van der Waals surface area contributed by atoms with E-state index in [1.807, 2.05) is 49.0 Å². The average molecular weight is 364 g/mol. The van der Waals surface area contributed by atoms with Crippen molar-refractivity contribution < 1.29 is 8.42 Å². The van der Waals surface area contributed by atoms with Crippen molar-refractivity contribution in [1.82, 2.24) is 4.72 Å². The molecule has 0 aliphatic heterocycles. The molecule has 0 saturated carbocycles. The van der Waals surface area contributed by atoms with Gasteiger partial charge in [0.05, 0.1) is 4.90 Å². The first-order valence-corrected chi connectivity index (χ1v) is 10.8. The Morgan fingerprint density at radius 3 is 2.33 bits per heavy atom. The van der Waals surface area contributed by atoms with Crippen LogP contribution in [0.25, 0.3) is 0 Å². The van der Waals surface area contributed by atoms with Crippen LogP contribution in [0.15, 0.2) is 59.5 Å². The molecule has 1 unspecified atom stereocenters. The Morgan fingerprint density at radius 2 is 1.71 bits per heavy atom. The lowest BCUT2D eigenvalue weighted by Crippen LogP contribution is -2.27. The molecule has 0 spiro atoms. The standard InChI is InChI=1S/C19H25NO2S2/c1-3-4-14-23-19(17-8-6-5-7-9-17)15-20-24(21,22)18-12-10-16(2)11-13-18/h5-13,19-20H,3-4,14-15H2,1-2H3. The van der Waals surface area contributed by atoms with Crippen LogP contribution in [0.5, 0.6) is 0 Å². The summed E-state index contributed by atoms with van der Waals surface area (Å²) in [6, 6.07) is 17.0. The first kappa shape index (κ1) is 19.0. The van der Waals surface area contributed by atoms with Crippen molar-refractivity contribution in [3.63, 3.8) is 0 Å². The number of sulfonamides is 1. The molecule has 130 valence electrons. The summed E-state index contributed by atoms with van der Waals surface area (Å²) >= 11 is 1.81. The minimum absolute atomic E-state index is 0.123. The highest BCUT2D eigenvalue weighted by atomic mass is 32.2. The minimum atomic E-state index is -3.47. The van der Waals surface area contributed by atoms with Crippen molar-refractivity contribution >= 4 is 21.8 Å². The van der Waals surface area contributed by atoms with E-state index in [-0.39, 0.29) is 5.25 Å². The molecule has 0 radical (unpaired) electrons. The summed E-state index contributed by atoms with van der Waals surface area (Å²) in [6.07, 6.45) is 2.28. The molecule has 0 amide bonds. The number of rotatable bonds is 9. The van der Waals surface area contributed by atoms with Gasteiger partial charge in [-0.25, -0.2) is 13.1 Å². The predicted molar refractivity (Wildman–Crippen MR) is 103 cm³/mol. The third kappa shape index (κ3) is 5.65. The Morgan fingerprint density at radius 1 is 1.04 bits per heavy atom. The number of thioether (sulfide) groups is 1. The van der Waals surface area contributed by atoms with Gasteiger partial charge in [-0.1, -0.05) is 61.4 Å². The van der Waals surface area contributed by atoms with E-state index in [9.17, 15) is 8.42 Å². The maximum absolute atomic E-state index is 12.5. The van der Waals surface area contributed by atoms with Crippen LogP contribution in [0.2, 0.25) is 0 Å². The Kier molecular flexibility index (Phi) is 7.34. The second-order valence-corrected chi connectivity index (χ2v) is 8.87. The fourth-order valence-electron chi connectivity index (χ4n) is 2.30. The van der Waals surface area contributed by atoms with Crippen molar-refractivity contribution in [2.24, 2.45) is 0 Å². The van der Waals surface area contributed by atoms with Gasteiger partial charge in [0.25, 0.3) is 0 Å². The zero-order valence-corrected chi connectivity index (χ0v) is 15.9. The molecule has 0 saturated heterocycles. The average Bonchev–Trinajstić information content (AvgIpc) is 2.59. The lowest BCUT2D eigenvalue weighted by molar-refractivity contribution is 0.581. The molecular formula is C19H25NO2S2. The van der Waals surface area contributed by atoms with E-state index in [1.165, 1.54) is 0 Å². The van der Waals surface area contributed by atoms with Gasteiger partial charge in [-0.15, -0.1) is 0 Å². The molecule has 2 aromatic rings. The fraction of sp³-hybridized carbons (Fsp3) is 0.368. The summed E-state index contributed by atoms with van der Waals surface area (Å²) in [7, 11) is -3.47. The lowest BCUT2D eigenvalue weighted by atomic mass is 10.1. The third-order valence-corrected chi connectivity index (χ3v) is 6.58. The van der Waals surface area contributed by atoms with Crippen LogP contribution in [0.1, 0.15) is 36.1 Å². The van der Waals surface area contributed by atoms with E-state index >= 15 is 0 Å². The molecular weight excluding hydrogens is 338 g/mol. The molecule has 3 nitrogen and oxygen atoms in total. The lowest BCUT2D eigenvalue weighted by Gasteiger charge is -2.18. The quantitative estimate of drug-likeness (QED) is 0.665. The topological polar surface area (TPSA) is 46.2 Å². The summed E-state index contributed by atoms with van der Waals surface area (Å²) in [6.45, 7) is 4.51. The second kappa shape index (κ2) is 9.25. The van der Waals surface area contributed by atoms with E-state index in [0.29, 0.717) is 11.4 Å². The number of hydrogen-bond donors (Lipinski definition) is 1. The van der Waals surface area contributed by atoms with Crippen molar-refractivity contribution in [2.75, 3.05) is 12.3 Å². The van der Waals surface area contributed by atoms with Crippen molar-refractivity contribution in [3.8, 4) is 0 Å². The van der Waals surface area contributed by atoms with Crippen LogP contribution in [-0.4, -0.2) is 20.7 Å². The fourth-order valence-corrected chi connectivity index (χ4v) is 4.74. The van der Waals surface area contributed by atoms with E-state index in [0.717, 1.165) is 29.7 Å². The van der Waals surface area contributed by atoms with Crippen LogP contribution in [0.3, 0.4) is 0 Å². The number of nitrogens with one attached hydrogen (secondary N) is 1. The van der Waals surface area contributed by atoms with Crippen LogP contribution in [0.4, 0.5) is 0 Å². The largest absolute Gasteiger partial charge is 0.240 e. The van der Waals surface area contributed by atoms with Gasteiger partial charge in [0.1, 0.15) is 0 Å². The number of hydrogen-bond acceptors (Lipinski definition) is 3. The molecule has 0 fully saturated rings. The summed E-state index contributed by atoms with van der Waals surface area (Å²) in [5.74, 6) is 1.03. The molecule has 0 aliphatic carbocycles. The minimum Gasteiger partial charge on any atom is -0.210 e. The van der Waals surface area contributed by atoms with Gasteiger partial charge in [-0.05, 0) is 36.8 Å². The van der Waals surface area contributed by atoms with E-state index in [4.69, 9.17) is 0 Å². The summed E-state index contributed by atoms with van der Waals surface area (Å²) in [4.78, 5) is 0.318. The Hall–Kier alpha value is -1.30. The van der Waals surface area contributed by atoms with Crippen LogP contribution >= 0.6 is 11.8 Å². The number of aryl methyl sites for hydroxylation is 1. The second-order valence-electron chi connectivity index (χ2n) is 5.79. The van der Waals surface area contributed by atoms with Gasteiger partial charge < -0.3 is 0 Å². The summed E-state index contributed by atoms with van der Waals surface area (Å²) in [5.41, 5.74) is 2.21. The van der Waals surface area contributed by atoms with E-state index < -0.39 is 10.0 Å². The molecule has 2 rings (SSSR count). The highest BCUT2D eigenvalue weighted by Gasteiger charge is 2.18. The van der Waals surface area contributed by atoms with Crippen molar-refractivity contribution in [2.45, 2.75) is 36.8 Å². The maximum Gasteiger partial charge on any atom is 0.240 e. The predicted octanol–water partition coefficient (Wildman–Crippen LogP) is 4.55.